The lowest BCUT2D eigenvalue weighted by atomic mass is 9.95. The van der Waals surface area contributed by atoms with Crippen LogP contribution in [-0.4, -0.2) is 54.3 Å². The Labute approximate surface area is 238 Å². The molecule has 2 rings (SSSR count). The van der Waals surface area contributed by atoms with Crippen LogP contribution in [0.15, 0.2) is 39.0 Å². The molecule has 1 amide bonds. The minimum absolute atomic E-state index is 0.0206. The number of amides is 1. The average molecular weight is 596 g/mol. The average Bonchev–Trinajstić information content (AvgIpc) is 2.84. The van der Waals surface area contributed by atoms with Gasteiger partial charge in [-0.2, -0.15) is 4.99 Å². The van der Waals surface area contributed by atoms with Crippen molar-refractivity contribution in [2.45, 2.75) is 76.0 Å². The number of carbonyl (C=O) groups is 2. The number of carbonyl (C=O) groups excluding carboxylic acids is 2. The monoisotopic (exact) mass is 595 g/mol. The number of guanidine groups is 1. The molecule has 40 heavy (non-hydrogen) atoms. The van der Waals surface area contributed by atoms with E-state index in [0.717, 1.165) is 11.8 Å². The molecule has 0 saturated carbocycles. The van der Waals surface area contributed by atoms with Crippen molar-refractivity contribution in [2.75, 3.05) is 19.6 Å². The van der Waals surface area contributed by atoms with Crippen molar-refractivity contribution in [2.24, 2.45) is 16.5 Å². The quantitative estimate of drug-likeness (QED) is 0.261. The summed E-state index contributed by atoms with van der Waals surface area (Å²) in [5.41, 5.74) is 13.4. The van der Waals surface area contributed by atoms with Crippen molar-refractivity contribution in [1.82, 2.24) is 0 Å². The zero-order chi connectivity index (χ0) is 31.2. The molecule has 0 spiro atoms. The third-order valence-corrected chi connectivity index (χ3v) is 8.59. The summed E-state index contributed by atoms with van der Waals surface area (Å²) in [5, 5.41) is 0. The summed E-state index contributed by atoms with van der Waals surface area (Å²) in [6.07, 6.45) is 3.17. The fourth-order valence-corrected chi connectivity index (χ4v) is 7.33. The van der Waals surface area contributed by atoms with E-state index in [4.69, 9.17) is 16.2 Å². The number of benzene rings is 2. The molecule has 0 radical (unpaired) electrons. The van der Waals surface area contributed by atoms with Crippen molar-refractivity contribution in [3.63, 3.8) is 0 Å². The second-order valence-electron chi connectivity index (χ2n) is 9.91. The summed E-state index contributed by atoms with van der Waals surface area (Å²) < 4.78 is 53.1. The predicted octanol–water partition coefficient (Wildman–Crippen LogP) is 3.75. The fraction of sp³-hybridized carbons (Fsp3) is 0.464. The minimum atomic E-state index is -3.47. The first-order chi connectivity index (χ1) is 18.3. The van der Waals surface area contributed by atoms with Crippen molar-refractivity contribution in [3.8, 4) is 0 Å². The molecule has 0 aliphatic heterocycles. The Morgan fingerprint density at radius 1 is 0.775 bits per heavy atom. The molecule has 12 heteroatoms. The van der Waals surface area contributed by atoms with Crippen LogP contribution in [0, 0.1) is 0 Å². The Morgan fingerprint density at radius 2 is 1.15 bits per heavy atom. The number of nitrogens with zero attached hydrogens (tertiary/aromatic N) is 1. The van der Waals surface area contributed by atoms with Gasteiger partial charge in [-0.3, -0.25) is 4.79 Å². The highest BCUT2D eigenvalue weighted by Crippen LogP contribution is 2.31. The van der Waals surface area contributed by atoms with E-state index in [9.17, 15) is 26.4 Å². The van der Waals surface area contributed by atoms with Gasteiger partial charge >= 0.3 is 5.97 Å². The molecule has 2 aromatic carbocycles. The first-order valence-electron chi connectivity index (χ1n) is 12.8. The molecule has 0 heterocycles. The van der Waals surface area contributed by atoms with Crippen LogP contribution in [0.3, 0.4) is 0 Å². The number of ether oxygens (including phenoxy) is 1. The van der Waals surface area contributed by atoms with Gasteiger partial charge in [-0.05, 0) is 59.1 Å². The molecule has 0 fully saturated rings. The number of aliphatic imine (C=N–C) groups is 1. The maximum Gasteiger partial charge on any atom is 0.338 e. The van der Waals surface area contributed by atoms with E-state index in [1.54, 1.807) is 31.2 Å². The number of hydrogen-bond acceptors (Lipinski definition) is 7. The Bertz CT molecular complexity index is 1500. The maximum atomic E-state index is 12.1. The maximum absolute atomic E-state index is 12.1. The lowest BCUT2D eigenvalue weighted by Gasteiger charge is -2.17. The van der Waals surface area contributed by atoms with E-state index < -0.39 is 31.6 Å². The summed E-state index contributed by atoms with van der Waals surface area (Å²) in [4.78, 5) is 27.8. The molecule has 0 aromatic heterocycles. The lowest BCUT2D eigenvalue weighted by Crippen LogP contribution is -2.24. The molecule has 0 unspecified atom stereocenters. The van der Waals surface area contributed by atoms with E-state index in [0.29, 0.717) is 35.1 Å². The van der Waals surface area contributed by atoms with Crippen molar-refractivity contribution < 1.29 is 31.2 Å². The van der Waals surface area contributed by atoms with Gasteiger partial charge in [0.15, 0.2) is 25.6 Å². The summed E-state index contributed by atoms with van der Waals surface area (Å²) in [5.74, 6) is -1.39. The topological polar surface area (TPSA) is 176 Å². The number of nitrogens with two attached hydrogens (primary N) is 2. The minimum Gasteiger partial charge on any atom is -0.465 e. The van der Waals surface area contributed by atoms with Crippen LogP contribution in [0.5, 0.6) is 0 Å². The first-order valence-corrected chi connectivity index (χ1v) is 16.5. The van der Waals surface area contributed by atoms with Gasteiger partial charge in [0.1, 0.15) is 0 Å². The largest absolute Gasteiger partial charge is 0.465 e. The Morgan fingerprint density at radius 3 is 1.45 bits per heavy atom. The molecular weight excluding hydrogens is 554 g/mol. The molecule has 0 aliphatic carbocycles. The van der Waals surface area contributed by atoms with Gasteiger partial charge in [-0.25, -0.2) is 21.6 Å². The standard InChI is InChI=1S/C14H21N3O3S.C14H20O4S/c1-5-9-11(13(18)17-14(15)16)7-6-10(8(2)3)12(9)21(4,19)20;1-6-10-12(14(15)18-4)8-7-11(9(2)3)13(10)19(5,16)17/h6-8H,5H2,1-4H3,(H4,15,16,17,18);7-9H,6H2,1-5H3. The van der Waals surface area contributed by atoms with Gasteiger partial charge in [-0.15, -0.1) is 0 Å². The van der Waals surface area contributed by atoms with Crippen LogP contribution >= 0.6 is 0 Å². The molecular formula is C28H41N3O7S2. The fourth-order valence-electron chi connectivity index (χ4n) is 4.46. The van der Waals surface area contributed by atoms with E-state index in [2.05, 4.69) is 4.99 Å². The van der Waals surface area contributed by atoms with Crippen LogP contribution in [0.2, 0.25) is 0 Å². The van der Waals surface area contributed by atoms with Crippen LogP contribution in [0.4, 0.5) is 0 Å². The van der Waals surface area contributed by atoms with Crippen molar-refractivity contribution in [3.05, 3.63) is 57.6 Å². The highest BCUT2D eigenvalue weighted by atomic mass is 32.2. The van der Waals surface area contributed by atoms with Gasteiger partial charge in [0.05, 0.1) is 22.5 Å². The number of esters is 1. The van der Waals surface area contributed by atoms with Gasteiger partial charge in [0, 0.05) is 18.1 Å². The third kappa shape index (κ3) is 8.37. The second kappa shape index (κ2) is 13.9. The molecule has 10 nitrogen and oxygen atoms in total. The zero-order valence-corrected chi connectivity index (χ0v) is 26.3. The van der Waals surface area contributed by atoms with Gasteiger partial charge < -0.3 is 16.2 Å². The van der Waals surface area contributed by atoms with E-state index in [1.807, 2.05) is 34.6 Å². The van der Waals surface area contributed by atoms with Crippen LogP contribution in [0.25, 0.3) is 0 Å². The highest BCUT2D eigenvalue weighted by molar-refractivity contribution is 7.91. The number of methoxy groups -OCH3 is 1. The van der Waals surface area contributed by atoms with Crippen LogP contribution in [0.1, 0.15) is 96.3 Å². The normalized spacial score (nSPS) is 11.6. The number of sulfone groups is 2. The molecule has 0 aliphatic rings. The summed E-state index contributed by atoms with van der Waals surface area (Å²) in [6.45, 7) is 11.3. The zero-order valence-electron chi connectivity index (χ0n) is 24.7. The molecule has 0 bridgehead atoms. The Kier molecular flexibility index (Phi) is 12.1. The molecule has 0 atom stereocenters. The smallest absolute Gasteiger partial charge is 0.338 e. The summed E-state index contributed by atoms with van der Waals surface area (Å²) >= 11 is 0. The van der Waals surface area contributed by atoms with E-state index in [1.165, 1.54) is 13.4 Å². The summed E-state index contributed by atoms with van der Waals surface area (Å²) in [6, 6.07) is 6.58. The number of hydrogen-bond donors (Lipinski definition) is 2. The lowest BCUT2D eigenvalue weighted by molar-refractivity contribution is 0.0599. The van der Waals surface area contributed by atoms with E-state index in [-0.39, 0.29) is 33.1 Å². The van der Waals surface area contributed by atoms with E-state index >= 15 is 0 Å². The Hall–Kier alpha value is -3.25. The highest BCUT2D eigenvalue weighted by Gasteiger charge is 2.25. The van der Waals surface area contributed by atoms with Crippen LogP contribution < -0.4 is 11.5 Å². The van der Waals surface area contributed by atoms with Crippen LogP contribution in [-0.2, 0) is 37.3 Å². The second-order valence-corrected chi connectivity index (χ2v) is 13.8. The van der Waals surface area contributed by atoms with Crippen molar-refractivity contribution in [1.29, 1.82) is 0 Å². The molecule has 0 saturated heterocycles. The molecule has 4 N–H and O–H groups in total. The van der Waals surface area contributed by atoms with Gasteiger partial charge in [-0.1, -0.05) is 53.7 Å². The Balaban J connectivity index is 0.000000402. The first kappa shape index (κ1) is 34.8. The van der Waals surface area contributed by atoms with Gasteiger partial charge in [0.25, 0.3) is 5.91 Å². The molecule has 222 valence electrons. The summed E-state index contributed by atoms with van der Waals surface area (Å²) in [7, 11) is -5.57. The third-order valence-electron chi connectivity index (χ3n) is 6.14. The SMILES string of the molecule is CCc1c(C(=O)N=C(N)N)ccc(C(C)C)c1S(C)(=O)=O.CCc1c(C(=O)OC)ccc(C(C)C)c1S(C)(=O)=O. The van der Waals surface area contributed by atoms with Crippen molar-refractivity contribution >= 4 is 37.5 Å². The predicted molar refractivity (Wildman–Crippen MR) is 158 cm³/mol. The van der Waals surface area contributed by atoms with Gasteiger partial charge in [0.2, 0.25) is 0 Å². The number of rotatable bonds is 8. The molecule has 2 aromatic rings.